The van der Waals surface area contributed by atoms with Gasteiger partial charge < -0.3 is 0 Å². The number of alkyl halides is 3. The van der Waals surface area contributed by atoms with Crippen molar-refractivity contribution in [1.29, 1.82) is 0 Å². The van der Waals surface area contributed by atoms with Crippen molar-refractivity contribution < 1.29 is 13.2 Å². The van der Waals surface area contributed by atoms with Crippen LogP contribution < -0.4 is 4.46 Å². The second-order valence-electron chi connectivity index (χ2n) is 2.44. The van der Waals surface area contributed by atoms with E-state index in [0.29, 0.717) is 4.46 Å². The summed E-state index contributed by atoms with van der Waals surface area (Å²) in [5, 5.41) is -3.79. The van der Waals surface area contributed by atoms with Crippen molar-refractivity contribution in [2.24, 2.45) is 0 Å². The third kappa shape index (κ3) is 2.75. The molecule has 0 aliphatic rings. The quantitative estimate of drug-likeness (QED) is 0.711. The Morgan fingerprint density at radius 2 is 1.69 bits per heavy atom. The molecule has 1 aromatic carbocycles. The van der Waals surface area contributed by atoms with E-state index in [9.17, 15) is 13.2 Å². The Bertz CT molecular complexity index is 255. The van der Waals surface area contributed by atoms with Gasteiger partial charge >= 0.3 is 79.2 Å². The molecule has 0 atom stereocenters. The Labute approximate surface area is 79.6 Å². The van der Waals surface area contributed by atoms with Crippen LogP contribution in [0, 0.1) is 0 Å². The number of halogens is 3. The topological polar surface area (TPSA) is 0 Å². The van der Waals surface area contributed by atoms with Gasteiger partial charge in [-0.1, -0.05) is 0 Å². The molecule has 0 aromatic heterocycles. The normalized spacial score (nSPS) is 12.1. The molecule has 0 saturated carbocycles. The van der Waals surface area contributed by atoms with E-state index in [-0.39, 0.29) is 5.32 Å². The zero-order chi connectivity index (χ0) is 9.90. The predicted octanol–water partition coefficient (Wildman–Crippen LogP) is 2.51. The summed E-state index contributed by atoms with van der Waals surface area (Å²) in [6.07, 6.45) is 0. The van der Waals surface area contributed by atoms with Gasteiger partial charge in [-0.2, -0.15) is 0 Å². The molecule has 4 heteroatoms. The van der Waals surface area contributed by atoms with Gasteiger partial charge in [0.2, 0.25) is 0 Å². The Balaban J connectivity index is 2.92. The van der Waals surface area contributed by atoms with Crippen molar-refractivity contribution in [3.05, 3.63) is 30.3 Å². The van der Waals surface area contributed by atoms with Crippen molar-refractivity contribution in [2.45, 2.75) is 17.3 Å². The average Bonchev–Trinajstić information content (AvgIpc) is 2.05. The van der Waals surface area contributed by atoms with Crippen LogP contribution in [0.15, 0.2) is 30.3 Å². The Morgan fingerprint density at radius 1 is 1.15 bits per heavy atom. The second kappa shape index (κ2) is 4.16. The summed E-state index contributed by atoms with van der Waals surface area (Å²) in [6.45, 7) is 1.60. The molecule has 0 bridgehead atoms. The van der Waals surface area contributed by atoms with Gasteiger partial charge in [-0.05, 0) is 0 Å². The van der Waals surface area contributed by atoms with Gasteiger partial charge in [0.15, 0.2) is 0 Å². The van der Waals surface area contributed by atoms with Gasteiger partial charge in [-0.25, -0.2) is 0 Å². The molecule has 13 heavy (non-hydrogen) atoms. The van der Waals surface area contributed by atoms with Crippen LogP contribution >= 0.6 is 0 Å². The van der Waals surface area contributed by atoms with Crippen LogP contribution in [0.2, 0.25) is 5.32 Å². The van der Waals surface area contributed by atoms with Crippen molar-refractivity contribution in [1.82, 2.24) is 0 Å². The van der Waals surface area contributed by atoms with Crippen molar-refractivity contribution in [3.63, 3.8) is 0 Å². The summed E-state index contributed by atoms with van der Waals surface area (Å²) in [5.41, 5.74) is 0. The summed E-state index contributed by atoms with van der Waals surface area (Å²) >= 11 is -2.62. The molecule has 0 nitrogen and oxygen atoms in total. The maximum atomic E-state index is 12.5. The molecule has 0 aliphatic heterocycles. The number of rotatable bonds is 2. The second-order valence-corrected chi connectivity index (χ2v) is 7.25. The monoisotopic (exact) mass is 255 g/mol. The SMILES string of the molecule is CC[Se](c1ccccc1)C(F)(F)F. The van der Waals surface area contributed by atoms with Gasteiger partial charge in [0, 0.05) is 0 Å². The van der Waals surface area contributed by atoms with E-state index in [1.54, 1.807) is 37.3 Å². The van der Waals surface area contributed by atoms with Crippen LogP contribution in [0.4, 0.5) is 13.2 Å². The van der Waals surface area contributed by atoms with Crippen molar-refractivity contribution in [2.75, 3.05) is 0 Å². The van der Waals surface area contributed by atoms with E-state index in [2.05, 4.69) is 0 Å². The first-order chi connectivity index (χ1) is 6.05. The summed E-state index contributed by atoms with van der Waals surface area (Å²) in [7, 11) is 0. The first kappa shape index (κ1) is 10.6. The molecule has 0 N–H and O–H groups in total. The number of benzene rings is 1. The van der Waals surface area contributed by atoms with Crippen LogP contribution in [0.5, 0.6) is 0 Å². The number of hydrogen-bond donors (Lipinski definition) is 0. The molecule has 1 radical (unpaired) electrons. The van der Waals surface area contributed by atoms with E-state index in [1.807, 2.05) is 0 Å². The molecule has 0 fully saturated rings. The van der Waals surface area contributed by atoms with Crippen LogP contribution in [0.25, 0.3) is 0 Å². The summed E-state index contributed by atoms with van der Waals surface area (Å²) in [4.78, 5) is 0. The molecule has 0 amide bonds. The van der Waals surface area contributed by atoms with E-state index in [1.165, 1.54) is 0 Å². The van der Waals surface area contributed by atoms with Crippen LogP contribution in [-0.2, 0) is 0 Å². The van der Waals surface area contributed by atoms with Crippen molar-refractivity contribution >= 4 is 18.4 Å². The summed E-state index contributed by atoms with van der Waals surface area (Å²) in [5.74, 6) is 0. The minimum absolute atomic E-state index is 0.216. The van der Waals surface area contributed by atoms with Crippen molar-refractivity contribution in [3.8, 4) is 0 Å². The fourth-order valence-electron chi connectivity index (χ4n) is 1.05. The Morgan fingerprint density at radius 3 is 2.08 bits per heavy atom. The zero-order valence-electron chi connectivity index (χ0n) is 7.14. The van der Waals surface area contributed by atoms with Crippen LogP contribution in [-0.4, -0.2) is 19.0 Å². The van der Waals surface area contributed by atoms with Crippen LogP contribution in [0.3, 0.4) is 0 Å². The molecular weight excluding hydrogens is 244 g/mol. The molecule has 0 spiro atoms. The Kier molecular flexibility index (Phi) is 3.39. The minimum atomic E-state index is -4.00. The standard InChI is InChI=1S/C9H10F3Se/c1-2-13(9(10,11)12)8-6-4-3-5-7-8/h3-7H,2H2,1H3. The van der Waals surface area contributed by atoms with Gasteiger partial charge in [0.05, 0.1) is 0 Å². The van der Waals surface area contributed by atoms with E-state index in [4.69, 9.17) is 0 Å². The maximum absolute atomic E-state index is 12.5. The van der Waals surface area contributed by atoms with Gasteiger partial charge in [0.1, 0.15) is 0 Å². The molecule has 0 heterocycles. The zero-order valence-corrected chi connectivity index (χ0v) is 8.85. The molecule has 0 aliphatic carbocycles. The molecule has 0 unspecified atom stereocenters. The number of hydrogen-bond acceptors (Lipinski definition) is 0. The van der Waals surface area contributed by atoms with E-state index >= 15 is 0 Å². The van der Waals surface area contributed by atoms with E-state index < -0.39 is 19.0 Å². The van der Waals surface area contributed by atoms with Gasteiger partial charge in [-0.3, -0.25) is 0 Å². The molecule has 0 saturated heterocycles. The fourth-order valence-corrected chi connectivity index (χ4v) is 4.01. The molecular formula is C9H10F3Se. The third-order valence-electron chi connectivity index (χ3n) is 1.60. The van der Waals surface area contributed by atoms with E-state index in [0.717, 1.165) is 0 Å². The predicted molar refractivity (Wildman–Crippen MR) is 48.4 cm³/mol. The van der Waals surface area contributed by atoms with Gasteiger partial charge in [0.25, 0.3) is 0 Å². The Hall–Kier alpha value is -0.471. The third-order valence-corrected chi connectivity index (χ3v) is 5.74. The fraction of sp³-hybridized carbons (Fsp3) is 0.333. The average molecular weight is 254 g/mol. The molecule has 1 rings (SSSR count). The molecule has 73 valence electrons. The first-order valence-corrected chi connectivity index (χ1v) is 6.81. The van der Waals surface area contributed by atoms with Crippen LogP contribution in [0.1, 0.15) is 6.92 Å². The summed E-state index contributed by atoms with van der Waals surface area (Å²) in [6, 6.07) is 8.20. The molecule has 1 aromatic rings. The van der Waals surface area contributed by atoms with Gasteiger partial charge in [-0.15, -0.1) is 0 Å². The first-order valence-electron chi connectivity index (χ1n) is 3.88. The summed E-state index contributed by atoms with van der Waals surface area (Å²) < 4.78 is 37.9.